The average Bonchev–Trinajstić information content (AvgIpc) is 3.63. The van der Waals surface area contributed by atoms with Crippen LogP contribution in [0.2, 0.25) is 0 Å². The van der Waals surface area contributed by atoms with Crippen molar-refractivity contribution in [2.75, 3.05) is 23.0 Å². The van der Waals surface area contributed by atoms with Gasteiger partial charge in [-0.1, -0.05) is 42.1 Å². The molecular formula is C25H26N6O6S3. The third-order valence-corrected chi connectivity index (χ3v) is 10.3. The second-order valence-corrected chi connectivity index (χ2v) is 12.3. The smallest absolute Gasteiger partial charge is 0.329 e. The average molecular weight is 603 g/mol. The maximum absolute atomic E-state index is 13.2. The van der Waals surface area contributed by atoms with Crippen molar-refractivity contribution in [2.45, 2.75) is 36.6 Å². The molecule has 40 heavy (non-hydrogen) atoms. The standard InChI is InChI=1S/C25H26N6O6S3/c1-16(32)31(18-8-5-9-38-18)20-21(34)30-11-25(23(35)36,12-39-22(20)30)13-40-24-28-26-14-29(24)15-27-37-19(33)10-17-6-3-2-4-7-17/h2-9,14,20,22,27H,10-13,15H2,1H3,(H,35,36)/t20?,22-,25?/m1/s1. The van der Waals surface area contributed by atoms with E-state index in [4.69, 9.17) is 4.84 Å². The van der Waals surface area contributed by atoms with Gasteiger partial charge in [0.05, 0.1) is 11.4 Å². The SMILES string of the molecule is CC(=O)N(c1cccs1)C1C(=O)N2CC(CSc3nncn3CNOC(=O)Cc3ccccc3)(C(=O)O)CS[C@H]12. The van der Waals surface area contributed by atoms with Gasteiger partial charge in [0.2, 0.25) is 11.8 Å². The van der Waals surface area contributed by atoms with Gasteiger partial charge in [0, 0.05) is 25.0 Å². The number of carboxylic acids is 1. The number of anilines is 1. The number of benzene rings is 1. The van der Waals surface area contributed by atoms with Gasteiger partial charge in [0.1, 0.15) is 29.8 Å². The first-order valence-electron chi connectivity index (χ1n) is 12.2. The molecule has 0 aliphatic carbocycles. The molecule has 5 rings (SSSR count). The zero-order valence-electron chi connectivity index (χ0n) is 21.3. The predicted octanol–water partition coefficient (Wildman–Crippen LogP) is 2.09. The molecule has 2 saturated heterocycles. The number of nitrogens with zero attached hydrogens (tertiary/aromatic N) is 5. The number of thiophene rings is 1. The van der Waals surface area contributed by atoms with Crippen LogP contribution in [-0.2, 0) is 37.1 Å². The van der Waals surface area contributed by atoms with Crippen LogP contribution in [0.4, 0.5) is 5.00 Å². The van der Waals surface area contributed by atoms with E-state index >= 15 is 0 Å². The summed E-state index contributed by atoms with van der Waals surface area (Å²) < 4.78 is 1.60. The summed E-state index contributed by atoms with van der Waals surface area (Å²) in [5, 5.41) is 20.8. The first-order valence-corrected chi connectivity index (χ1v) is 15.2. The Balaban J connectivity index is 1.18. The van der Waals surface area contributed by atoms with Crippen molar-refractivity contribution in [3.05, 3.63) is 59.7 Å². The topological polar surface area (TPSA) is 147 Å². The quantitative estimate of drug-likeness (QED) is 0.189. The van der Waals surface area contributed by atoms with Crippen LogP contribution in [0.5, 0.6) is 0 Å². The zero-order chi connectivity index (χ0) is 28.3. The van der Waals surface area contributed by atoms with E-state index in [2.05, 4.69) is 15.7 Å². The summed E-state index contributed by atoms with van der Waals surface area (Å²) >= 11 is 3.95. The molecule has 0 saturated carbocycles. The Morgan fingerprint density at radius 2 is 2.05 bits per heavy atom. The number of fused-ring (bicyclic) bond motifs is 1. The first kappa shape index (κ1) is 28.1. The predicted molar refractivity (Wildman–Crippen MR) is 149 cm³/mol. The van der Waals surface area contributed by atoms with Crippen LogP contribution >= 0.6 is 34.9 Å². The Kier molecular flexibility index (Phi) is 8.44. The lowest BCUT2D eigenvalue weighted by Gasteiger charge is -2.55. The molecule has 12 nitrogen and oxygen atoms in total. The maximum Gasteiger partial charge on any atom is 0.329 e. The van der Waals surface area contributed by atoms with Crippen molar-refractivity contribution < 1.29 is 29.1 Å². The molecule has 2 aliphatic rings. The third kappa shape index (κ3) is 5.73. The summed E-state index contributed by atoms with van der Waals surface area (Å²) in [6, 6.07) is 12.2. The minimum Gasteiger partial charge on any atom is -0.481 e. The number of hydrogen-bond acceptors (Lipinski definition) is 11. The number of β-lactam (4-membered cyclic amide) rings is 1. The largest absolute Gasteiger partial charge is 0.481 e. The van der Waals surface area contributed by atoms with Crippen molar-refractivity contribution in [3.63, 3.8) is 0 Å². The van der Waals surface area contributed by atoms with Gasteiger partial charge < -0.3 is 14.8 Å². The number of hydroxylamine groups is 1. The lowest BCUT2D eigenvalue weighted by Crippen LogP contribution is -2.74. The first-order chi connectivity index (χ1) is 19.3. The number of amides is 2. The molecule has 2 aliphatic heterocycles. The third-order valence-electron chi connectivity index (χ3n) is 6.60. The van der Waals surface area contributed by atoms with Crippen LogP contribution < -0.4 is 10.4 Å². The number of carbonyl (C=O) groups excluding carboxylic acids is 3. The zero-order valence-corrected chi connectivity index (χ0v) is 23.8. The van der Waals surface area contributed by atoms with E-state index in [9.17, 15) is 24.3 Å². The highest BCUT2D eigenvalue weighted by atomic mass is 32.2. The molecule has 2 amide bonds. The molecule has 3 aromatic rings. The van der Waals surface area contributed by atoms with Gasteiger partial charge in [-0.05, 0) is 23.1 Å². The molecule has 15 heteroatoms. The van der Waals surface area contributed by atoms with Gasteiger partial charge in [-0.2, -0.15) is 0 Å². The van der Waals surface area contributed by atoms with E-state index in [0.717, 1.165) is 5.56 Å². The van der Waals surface area contributed by atoms with E-state index in [1.54, 1.807) is 15.5 Å². The van der Waals surface area contributed by atoms with Crippen LogP contribution in [0.15, 0.2) is 59.3 Å². The number of aliphatic carboxylic acids is 1. The van der Waals surface area contributed by atoms with Gasteiger partial charge >= 0.3 is 11.9 Å². The van der Waals surface area contributed by atoms with E-state index in [0.29, 0.717) is 10.2 Å². The van der Waals surface area contributed by atoms with Crippen LogP contribution in [0.1, 0.15) is 12.5 Å². The molecule has 0 spiro atoms. The molecule has 0 bridgehead atoms. The normalized spacial score (nSPS) is 21.8. The second kappa shape index (κ2) is 12.0. The van der Waals surface area contributed by atoms with Gasteiger partial charge in [-0.25, -0.2) is 0 Å². The van der Waals surface area contributed by atoms with Gasteiger partial charge in [-0.15, -0.1) is 38.8 Å². The summed E-state index contributed by atoms with van der Waals surface area (Å²) in [4.78, 5) is 58.3. The van der Waals surface area contributed by atoms with Crippen LogP contribution in [0.25, 0.3) is 0 Å². The maximum atomic E-state index is 13.2. The molecule has 2 N–H and O–H groups in total. The number of aromatic nitrogens is 3. The molecule has 3 atom stereocenters. The summed E-state index contributed by atoms with van der Waals surface area (Å²) in [6.07, 6.45) is 1.56. The number of rotatable bonds is 11. The fourth-order valence-corrected chi connectivity index (χ4v) is 8.16. The molecule has 210 valence electrons. The molecule has 2 aromatic heterocycles. The molecule has 0 radical (unpaired) electrons. The highest BCUT2D eigenvalue weighted by Gasteiger charge is 2.59. The number of carboxylic acid groups (broad SMARTS) is 1. The molecule has 2 unspecified atom stereocenters. The number of thioether (sulfide) groups is 2. The second-order valence-electron chi connectivity index (χ2n) is 9.35. The van der Waals surface area contributed by atoms with Crippen LogP contribution in [-0.4, -0.2) is 78.0 Å². The summed E-state index contributed by atoms with van der Waals surface area (Å²) in [5.74, 6) is -1.55. The van der Waals surface area contributed by atoms with Crippen LogP contribution in [0, 0.1) is 5.41 Å². The molecule has 1 aromatic carbocycles. The summed E-state index contributed by atoms with van der Waals surface area (Å²) in [6.45, 7) is 1.53. The number of carbonyl (C=O) groups is 4. The summed E-state index contributed by atoms with van der Waals surface area (Å²) in [7, 11) is 0. The minimum absolute atomic E-state index is 0.0298. The van der Waals surface area contributed by atoms with E-state index in [1.807, 2.05) is 41.8 Å². The van der Waals surface area contributed by atoms with Crippen molar-refractivity contribution >= 4 is 63.6 Å². The van der Waals surface area contributed by atoms with Crippen molar-refractivity contribution in [2.24, 2.45) is 5.41 Å². The van der Waals surface area contributed by atoms with Gasteiger partial charge in [0.15, 0.2) is 5.16 Å². The van der Waals surface area contributed by atoms with E-state index < -0.39 is 23.4 Å². The number of hydrogen-bond donors (Lipinski definition) is 2. The number of nitrogens with one attached hydrogen (secondary N) is 1. The Bertz CT molecular complexity index is 1390. The Morgan fingerprint density at radius 1 is 1.25 bits per heavy atom. The van der Waals surface area contributed by atoms with Crippen molar-refractivity contribution in [1.29, 1.82) is 0 Å². The fourth-order valence-electron chi connectivity index (χ4n) is 4.53. The van der Waals surface area contributed by atoms with Crippen LogP contribution in [0.3, 0.4) is 0 Å². The van der Waals surface area contributed by atoms with Crippen molar-refractivity contribution in [3.8, 4) is 0 Å². The van der Waals surface area contributed by atoms with E-state index in [-0.39, 0.29) is 48.3 Å². The Hall–Kier alpha value is -3.40. The fraction of sp³-hybridized carbons (Fsp3) is 0.360. The molecule has 4 heterocycles. The van der Waals surface area contributed by atoms with Gasteiger partial charge in [0.25, 0.3) is 0 Å². The molecule has 2 fully saturated rings. The van der Waals surface area contributed by atoms with E-state index in [1.165, 1.54) is 53.0 Å². The lowest BCUT2D eigenvalue weighted by atomic mass is 9.89. The highest BCUT2D eigenvalue weighted by molar-refractivity contribution is 8.00. The van der Waals surface area contributed by atoms with Crippen molar-refractivity contribution in [1.82, 2.24) is 25.1 Å². The molecular weight excluding hydrogens is 577 g/mol. The van der Waals surface area contributed by atoms with Gasteiger partial charge in [-0.3, -0.25) is 28.6 Å². The Morgan fingerprint density at radius 3 is 2.75 bits per heavy atom. The Labute approximate surface area is 242 Å². The highest BCUT2D eigenvalue weighted by Crippen LogP contribution is 2.46. The summed E-state index contributed by atoms with van der Waals surface area (Å²) in [5.41, 5.74) is 2.21. The minimum atomic E-state index is -1.22. The monoisotopic (exact) mass is 602 g/mol. The lowest BCUT2D eigenvalue weighted by molar-refractivity contribution is -0.156.